The topological polar surface area (TPSA) is 63.3 Å². The van der Waals surface area contributed by atoms with E-state index in [9.17, 15) is 4.21 Å². The summed E-state index contributed by atoms with van der Waals surface area (Å²) in [5.74, 6) is 0. The highest BCUT2D eigenvalue weighted by atomic mass is 80.0. The Balaban J connectivity index is 3.29. The molecule has 1 aromatic rings. The zero-order valence-electron chi connectivity index (χ0n) is 6.71. The van der Waals surface area contributed by atoms with Crippen molar-refractivity contribution in [1.29, 1.82) is 0 Å². The van der Waals surface area contributed by atoms with Gasteiger partial charge in [-0.05, 0) is 18.2 Å². The van der Waals surface area contributed by atoms with E-state index >= 15 is 0 Å². The Morgan fingerprint density at radius 2 is 1.93 bits per heavy atom. The van der Waals surface area contributed by atoms with Gasteiger partial charge in [0, 0.05) is 11.3 Å². The number of hydrogen-bond donors (Lipinski definition) is 2. The van der Waals surface area contributed by atoms with Crippen LogP contribution in [-0.2, 0) is 13.2 Å². The minimum absolute atomic E-state index is 0.303. The molecular weight excluding hydrogens is 402 g/mol. The summed E-state index contributed by atoms with van der Waals surface area (Å²) in [6.45, 7) is 0. The molecule has 1 rings (SSSR count). The Morgan fingerprint density at radius 1 is 1.36 bits per heavy atom. The molecular formula is C7H6Br3NO2S. The third kappa shape index (κ3) is 3.03. The van der Waals surface area contributed by atoms with Gasteiger partial charge < -0.3 is 10.3 Å². The number of anilines is 1. The molecule has 1 aromatic carbocycles. The highest BCUT2D eigenvalue weighted by Gasteiger charge is 2.24. The number of halogens is 3. The Bertz CT molecular complexity index is 378. The predicted molar refractivity (Wildman–Crippen MR) is 68.4 cm³/mol. The van der Waals surface area contributed by atoms with Gasteiger partial charge in [0.05, 0.1) is 4.90 Å². The molecule has 1 atom stereocenters. The van der Waals surface area contributed by atoms with E-state index in [-0.39, 0.29) is 0 Å². The summed E-state index contributed by atoms with van der Waals surface area (Å²) in [7, 11) is 0. The van der Waals surface area contributed by atoms with Crippen molar-refractivity contribution in [2.75, 3.05) is 5.73 Å². The molecule has 0 aromatic heterocycles. The van der Waals surface area contributed by atoms with Crippen molar-refractivity contribution in [2.24, 2.45) is 0 Å². The summed E-state index contributed by atoms with van der Waals surface area (Å²) in [6, 6.07) is 4.63. The number of nitrogen functional groups attached to an aromatic ring is 1. The van der Waals surface area contributed by atoms with Gasteiger partial charge in [-0.2, -0.15) is 0 Å². The Kier molecular flexibility index (Phi) is 4.16. The fourth-order valence-electron chi connectivity index (χ4n) is 0.890. The fraction of sp³-hybridized carbons (Fsp3) is 0.143. The lowest BCUT2D eigenvalue weighted by atomic mass is 10.2. The summed E-state index contributed by atoms with van der Waals surface area (Å²) < 4.78 is 19.0. The van der Waals surface area contributed by atoms with Crippen LogP contribution in [0.15, 0.2) is 23.1 Å². The number of benzene rings is 1. The van der Waals surface area contributed by atoms with Gasteiger partial charge in [-0.15, -0.1) is 0 Å². The van der Waals surface area contributed by atoms with Crippen LogP contribution < -0.4 is 5.73 Å². The summed E-state index contributed by atoms with van der Waals surface area (Å²) in [5.41, 5.74) is 6.87. The molecule has 0 bridgehead atoms. The van der Waals surface area contributed by atoms with Crippen LogP contribution in [-0.4, -0.2) is 8.76 Å². The fourth-order valence-corrected chi connectivity index (χ4v) is 2.32. The van der Waals surface area contributed by atoms with Crippen molar-refractivity contribution in [3.63, 3.8) is 0 Å². The Morgan fingerprint density at radius 3 is 2.36 bits per heavy atom. The van der Waals surface area contributed by atoms with E-state index in [1.54, 1.807) is 12.1 Å². The first-order chi connectivity index (χ1) is 6.32. The first kappa shape index (κ1) is 12.6. The number of hydrogen-bond acceptors (Lipinski definition) is 2. The minimum atomic E-state index is -2.00. The second-order valence-corrected chi connectivity index (χ2v) is 10.2. The smallest absolute Gasteiger partial charge is 0.186 e. The standard InChI is InChI=1S/C7H6Br3NO2S/c8-7(9,10)5-3-4(14(12)13)1-2-6(5)11/h1-3H,11H2,(H,12,13). The van der Waals surface area contributed by atoms with Crippen LogP contribution in [0.25, 0.3) is 0 Å². The van der Waals surface area contributed by atoms with Gasteiger partial charge in [0.2, 0.25) is 0 Å². The van der Waals surface area contributed by atoms with Crippen LogP contribution in [0.5, 0.6) is 0 Å². The molecule has 0 fully saturated rings. The van der Waals surface area contributed by atoms with Gasteiger partial charge in [-0.3, -0.25) is 0 Å². The van der Waals surface area contributed by atoms with Crippen LogP contribution in [0.1, 0.15) is 5.56 Å². The SMILES string of the molecule is Nc1ccc(S(=O)O)cc1C(Br)(Br)Br. The quantitative estimate of drug-likeness (QED) is 0.427. The normalized spacial score (nSPS) is 14.0. The van der Waals surface area contributed by atoms with Crippen LogP contribution in [0, 0.1) is 0 Å². The van der Waals surface area contributed by atoms with Gasteiger partial charge in [-0.1, -0.05) is 47.8 Å². The van der Waals surface area contributed by atoms with E-state index in [0.717, 1.165) is 0 Å². The van der Waals surface area contributed by atoms with Gasteiger partial charge in [0.1, 0.15) is 0 Å². The molecule has 7 heteroatoms. The molecule has 0 amide bonds. The average Bonchev–Trinajstić information content (AvgIpc) is 2.02. The molecule has 3 nitrogen and oxygen atoms in total. The zero-order chi connectivity index (χ0) is 10.9. The van der Waals surface area contributed by atoms with Crippen LogP contribution in [0.3, 0.4) is 0 Å². The minimum Gasteiger partial charge on any atom is -0.398 e. The maximum atomic E-state index is 10.8. The van der Waals surface area contributed by atoms with Crippen molar-refractivity contribution in [2.45, 2.75) is 7.04 Å². The molecule has 0 saturated carbocycles. The largest absolute Gasteiger partial charge is 0.398 e. The van der Waals surface area contributed by atoms with Gasteiger partial charge in [0.25, 0.3) is 0 Å². The molecule has 0 heterocycles. The van der Waals surface area contributed by atoms with Crippen LogP contribution >= 0.6 is 47.8 Å². The second-order valence-electron chi connectivity index (χ2n) is 2.50. The number of rotatable bonds is 1. The van der Waals surface area contributed by atoms with E-state index < -0.39 is 13.2 Å². The average molecular weight is 408 g/mol. The Hall–Kier alpha value is 0.570. The van der Waals surface area contributed by atoms with Crippen molar-refractivity contribution in [3.05, 3.63) is 23.8 Å². The number of alkyl halides is 3. The first-order valence-corrected chi connectivity index (χ1v) is 6.88. The van der Waals surface area contributed by atoms with Crippen molar-refractivity contribution in [3.8, 4) is 0 Å². The van der Waals surface area contributed by atoms with E-state index in [4.69, 9.17) is 10.3 Å². The lowest BCUT2D eigenvalue weighted by Crippen LogP contribution is -2.04. The summed E-state index contributed by atoms with van der Waals surface area (Å²) in [6.07, 6.45) is 0. The lowest BCUT2D eigenvalue weighted by Gasteiger charge is -2.15. The highest BCUT2D eigenvalue weighted by molar-refractivity contribution is 9.38. The molecule has 0 aliphatic carbocycles. The van der Waals surface area contributed by atoms with E-state index in [1.165, 1.54) is 6.07 Å². The maximum Gasteiger partial charge on any atom is 0.186 e. The van der Waals surface area contributed by atoms with E-state index in [0.29, 0.717) is 16.1 Å². The lowest BCUT2D eigenvalue weighted by molar-refractivity contribution is 0.564. The van der Waals surface area contributed by atoms with Gasteiger partial charge >= 0.3 is 0 Å². The number of nitrogens with two attached hydrogens (primary N) is 1. The third-order valence-electron chi connectivity index (χ3n) is 1.53. The summed E-state index contributed by atoms with van der Waals surface area (Å²) in [4.78, 5) is 0.303. The summed E-state index contributed by atoms with van der Waals surface area (Å²) in [5, 5.41) is 0. The molecule has 3 N–H and O–H groups in total. The molecule has 78 valence electrons. The molecule has 0 aliphatic heterocycles. The summed E-state index contributed by atoms with van der Waals surface area (Å²) >= 11 is 7.88. The van der Waals surface area contributed by atoms with Gasteiger partial charge in [0.15, 0.2) is 13.2 Å². The molecule has 0 saturated heterocycles. The maximum absolute atomic E-state index is 10.8. The molecule has 0 radical (unpaired) electrons. The van der Waals surface area contributed by atoms with Gasteiger partial charge in [-0.25, -0.2) is 4.21 Å². The molecule has 0 spiro atoms. The predicted octanol–water partition coefficient (Wildman–Crippen LogP) is 3.14. The Labute approximate surface area is 109 Å². The van der Waals surface area contributed by atoms with E-state index in [2.05, 4.69) is 47.8 Å². The second kappa shape index (κ2) is 4.61. The van der Waals surface area contributed by atoms with E-state index in [1.807, 2.05) is 0 Å². The molecule has 1 unspecified atom stereocenters. The molecule has 14 heavy (non-hydrogen) atoms. The zero-order valence-corrected chi connectivity index (χ0v) is 12.3. The third-order valence-corrected chi connectivity index (χ3v) is 3.47. The van der Waals surface area contributed by atoms with Crippen LogP contribution in [0.2, 0.25) is 0 Å². The molecule has 0 aliphatic rings. The van der Waals surface area contributed by atoms with Crippen molar-refractivity contribution < 1.29 is 8.76 Å². The van der Waals surface area contributed by atoms with Crippen molar-refractivity contribution >= 4 is 64.6 Å². The van der Waals surface area contributed by atoms with Crippen molar-refractivity contribution in [1.82, 2.24) is 0 Å². The first-order valence-electron chi connectivity index (χ1n) is 3.40. The monoisotopic (exact) mass is 405 g/mol. The highest BCUT2D eigenvalue weighted by Crippen LogP contribution is 2.47. The van der Waals surface area contributed by atoms with Crippen LogP contribution in [0.4, 0.5) is 5.69 Å².